The quantitative estimate of drug-likeness (QED) is 0.620. The molecule has 0 radical (unpaired) electrons. The van der Waals surface area contributed by atoms with Crippen LogP contribution in [-0.4, -0.2) is 30.2 Å². The minimum atomic E-state index is -0.612. The molecule has 1 nitrogen and oxygen atoms in total. The number of rotatable bonds is 2. The fourth-order valence-corrected chi connectivity index (χ4v) is 2.33. The van der Waals surface area contributed by atoms with E-state index in [0.29, 0.717) is 18.9 Å². The molecule has 2 heteroatoms. The van der Waals surface area contributed by atoms with E-state index in [1.165, 1.54) is 0 Å². The summed E-state index contributed by atoms with van der Waals surface area (Å²) in [5.41, 5.74) is 0.105. The van der Waals surface area contributed by atoms with Crippen LogP contribution in [0.15, 0.2) is 0 Å². The Morgan fingerprint density at radius 2 is 2.17 bits per heavy atom. The summed E-state index contributed by atoms with van der Waals surface area (Å²) in [4.78, 5) is 2.16. The third kappa shape index (κ3) is 1.98. The van der Waals surface area contributed by atoms with Gasteiger partial charge in [-0.05, 0) is 32.7 Å². The van der Waals surface area contributed by atoms with Crippen LogP contribution in [0.5, 0.6) is 0 Å². The molecule has 0 N–H and O–H groups in total. The van der Waals surface area contributed by atoms with Gasteiger partial charge in [0.15, 0.2) is 0 Å². The van der Waals surface area contributed by atoms with Crippen molar-refractivity contribution in [1.82, 2.24) is 4.90 Å². The van der Waals surface area contributed by atoms with Gasteiger partial charge in [0.25, 0.3) is 0 Å². The fourth-order valence-electron chi connectivity index (χ4n) is 2.33. The first kappa shape index (κ1) is 9.97. The molecular weight excluding hydrogens is 153 g/mol. The maximum absolute atomic E-state index is 13.1. The molecule has 1 heterocycles. The van der Waals surface area contributed by atoms with Crippen molar-refractivity contribution in [1.29, 1.82) is 0 Å². The molecule has 1 rings (SSSR count). The Hall–Kier alpha value is -0.110. The summed E-state index contributed by atoms with van der Waals surface area (Å²) in [5, 5.41) is 0. The van der Waals surface area contributed by atoms with Gasteiger partial charge in [-0.2, -0.15) is 0 Å². The van der Waals surface area contributed by atoms with Gasteiger partial charge in [-0.1, -0.05) is 13.8 Å². The standard InChI is InChI=1S/C10H20FN/c1-8(2)5-10(3)6-9(11)7-12(10)4/h8-9H,5-7H2,1-4H3. The first-order chi connectivity index (χ1) is 5.44. The molecular formula is C10H20FN. The van der Waals surface area contributed by atoms with Gasteiger partial charge in [-0.15, -0.1) is 0 Å². The molecule has 72 valence electrons. The van der Waals surface area contributed by atoms with E-state index in [2.05, 4.69) is 25.7 Å². The Bertz CT molecular complexity index is 158. The van der Waals surface area contributed by atoms with Crippen LogP contribution in [0.25, 0.3) is 0 Å². The molecule has 0 aromatic carbocycles. The maximum Gasteiger partial charge on any atom is 0.114 e. The minimum Gasteiger partial charge on any atom is -0.298 e. The number of hydrogen-bond donors (Lipinski definition) is 0. The Labute approximate surface area is 74.9 Å². The number of alkyl halides is 1. The Morgan fingerprint density at radius 3 is 2.50 bits per heavy atom. The topological polar surface area (TPSA) is 3.24 Å². The zero-order valence-electron chi connectivity index (χ0n) is 8.60. The van der Waals surface area contributed by atoms with Gasteiger partial charge in [0.05, 0.1) is 0 Å². The summed E-state index contributed by atoms with van der Waals surface area (Å²) < 4.78 is 13.1. The Morgan fingerprint density at radius 1 is 1.58 bits per heavy atom. The summed E-state index contributed by atoms with van der Waals surface area (Å²) in [5.74, 6) is 0.655. The van der Waals surface area contributed by atoms with Gasteiger partial charge >= 0.3 is 0 Å². The van der Waals surface area contributed by atoms with Crippen LogP contribution in [0.4, 0.5) is 4.39 Å². The van der Waals surface area contributed by atoms with Gasteiger partial charge in [-0.3, -0.25) is 4.90 Å². The van der Waals surface area contributed by atoms with Crippen LogP contribution in [-0.2, 0) is 0 Å². The number of hydrogen-bond acceptors (Lipinski definition) is 1. The predicted octanol–water partition coefficient (Wildman–Crippen LogP) is 2.46. The third-order valence-corrected chi connectivity index (χ3v) is 2.90. The highest BCUT2D eigenvalue weighted by molar-refractivity contribution is 4.95. The van der Waals surface area contributed by atoms with Crippen LogP contribution in [0.1, 0.15) is 33.6 Å². The SMILES string of the molecule is CC(C)CC1(C)CC(F)CN1C. The molecule has 0 aromatic rings. The van der Waals surface area contributed by atoms with Gasteiger partial charge in [0.2, 0.25) is 0 Å². The van der Waals surface area contributed by atoms with Crippen molar-refractivity contribution in [3.63, 3.8) is 0 Å². The van der Waals surface area contributed by atoms with Gasteiger partial charge in [0.1, 0.15) is 6.17 Å². The van der Waals surface area contributed by atoms with Crippen molar-refractivity contribution in [3.8, 4) is 0 Å². The largest absolute Gasteiger partial charge is 0.298 e. The molecule has 1 fully saturated rings. The number of halogens is 1. The lowest BCUT2D eigenvalue weighted by atomic mass is 9.88. The zero-order valence-corrected chi connectivity index (χ0v) is 8.60. The van der Waals surface area contributed by atoms with E-state index in [9.17, 15) is 4.39 Å². The molecule has 0 saturated carbocycles. The van der Waals surface area contributed by atoms with Crippen LogP contribution < -0.4 is 0 Å². The molecule has 1 aliphatic rings. The van der Waals surface area contributed by atoms with E-state index in [1.54, 1.807) is 0 Å². The average molecular weight is 173 g/mol. The van der Waals surface area contributed by atoms with Crippen molar-refractivity contribution < 1.29 is 4.39 Å². The van der Waals surface area contributed by atoms with Crippen molar-refractivity contribution in [2.45, 2.75) is 45.3 Å². The van der Waals surface area contributed by atoms with Crippen LogP contribution in [0.3, 0.4) is 0 Å². The minimum absolute atomic E-state index is 0.105. The zero-order chi connectivity index (χ0) is 9.35. The molecule has 1 saturated heterocycles. The number of likely N-dealkylation sites (tertiary alicyclic amines) is 1. The van der Waals surface area contributed by atoms with E-state index < -0.39 is 6.17 Å². The molecule has 2 unspecified atom stereocenters. The second-order valence-electron chi connectivity index (χ2n) is 4.78. The maximum atomic E-state index is 13.1. The molecule has 0 aliphatic carbocycles. The van der Waals surface area contributed by atoms with Gasteiger partial charge in [-0.25, -0.2) is 4.39 Å². The second-order valence-corrected chi connectivity index (χ2v) is 4.78. The normalized spacial score (nSPS) is 38.0. The van der Waals surface area contributed by atoms with Gasteiger partial charge < -0.3 is 0 Å². The summed E-state index contributed by atoms with van der Waals surface area (Å²) in [7, 11) is 2.03. The van der Waals surface area contributed by atoms with Gasteiger partial charge in [0, 0.05) is 12.1 Å². The lowest BCUT2D eigenvalue weighted by molar-refractivity contribution is 0.163. The van der Waals surface area contributed by atoms with Crippen molar-refractivity contribution in [2.75, 3.05) is 13.6 Å². The fraction of sp³-hybridized carbons (Fsp3) is 1.00. The average Bonchev–Trinajstić information content (AvgIpc) is 2.04. The van der Waals surface area contributed by atoms with Crippen LogP contribution in [0.2, 0.25) is 0 Å². The van der Waals surface area contributed by atoms with Crippen LogP contribution in [0, 0.1) is 5.92 Å². The highest BCUT2D eigenvalue weighted by Crippen LogP contribution is 2.34. The van der Waals surface area contributed by atoms with E-state index in [1.807, 2.05) is 7.05 Å². The molecule has 0 aromatic heterocycles. The Kier molecular flexibility index (Phi) is 2.77. The van der Waals surface area contributed by atoms with Crippen LogP contribution >= 0.6 is 0 Å². The monoisotopic (exact) mass is 173 g/mol. The van der Waals surface area contributed by atoms with Crippen molar-refractivity contribution in [2.24, 2.45) is 5.92 Å². The lowest BCUT2D eigenvalue weighted by Gasteiger charge is -2.33. The predicted molar refractivity (Wildman–Crippen MR) is 50.0 cm³/mol. The van der Waals surface area contributed by atoms with E-state index in [0.717, 1.165) is 6.42 Å². The molecule has 0 amide bonds. The third-order valence-electron chi connectivity index (χ3n) is 2.90. The molecule has 12 heavy (non-hydrogen) atoms. The van der Waals surface area contributed by atoms with E-state index >= 15 is 0 Å². The summed E-state index contributed by atoms with van der Waals surface area (Å²) in [6.07, 6.45) is 1.20. The molecule has 1 aliphatic heterocycles. The second kappa shape index (κ2) is 3.33. The first-order valence-corrected chi connectivity index (χ1v) is 4.79. The summed E-state index contributed by atoms with van der Waals surface area (Å²) in [6, 6.07) is 0. The van der Waals surface area contributed by atoms with Crippen molar-refractivity contribution >= 4 is 0 Å². The first-order valence-electron chi connectivity index (χ1n) is 4.79. The lowest BCUT2D eigenvalue weighted by Crippen LogP contribution is -2.39. The smallest absolute Gasteiger partial charge is 0.114 e. The summed E-state index contributed by atoms with van der Waals surface area (Å²) in [6.45, 7) is 7.19. The van der Waals surface area contributed by atoms with E-state index in [4.69, 9.17) is 0 Å². The number of nitrogens with zero attached hydrogens (tertiary/aromatic N) is 1. The van der Waals surface area contributed by atoms with Crippen molar-refractivity contribution in [3.05, 3.63) is 0 Å². The Balaban J connectivity index is 2.58. The highest BCUT2D eigenvalue weighted by Gasteiger charge is 2.39. The highest BCUT2D eigenvalue weighted by atomic mass is 19.1. The molecule has 0 spiro atoms. The van der Waals surface area contributed by atoms with E-state index in [-0.39, 0.29) is 5.54 Å². The molecule has 0 bridgehead atoms. The summed E-state index contributed by atoms with van der Waals surface area (Å²) >= 11 is 0. The molecule has 2 atom stereocenters.